The number of hydrogen-bond acceptors (Lipinski definition) is 3. The van der Waals surface area contributed by atoms with E-state index in [1.807, 2.05) is 5.38 Å². The number of para-hydroxylation sites is 1. The Hall–Kier alpha value is -1.72. The van der Waals surface area contributed by atoms with Crippen LogP contribution in [0.4, 0.5) is 10.1 Å². The summed E-state index contributed by atoms with van der Waals surface area (Å²) < 4.78 is 13.7. The lowest BCUT2D eigenvalue weighted by Gasteiger charge is -2.21. The summed E-state index contributed by atoms with van der Waals surface area (Å²) in [5.41, 5.74) is 5.76. The SMILES string of the molecule is NCCN(C(=O)c1cccs1)c1ccccc1F. The molecule has 1 heterocycles. The number of carbonyl (C=O) groups excluding carboxylic acids is 1. The van der Waals surface area contributed by atoms with Gasteiger partial charge in [0.15, 0.2) is 0 Å². The van der Waals surface area contributed by atoms with E-state index in [1.54, 1.807) is 30.3 Å². The Balaban J connectivity index is 2.34. The van der Waals surface area contributed by atoms with E-state index in [0.717, 1.165) is 0 Å². The van der Waals surface area contributed by atoms with E-state index in [-0.39, 0.29) is 24.7 Å². The fraction of sp³-hybridized carbons (Fsp3) is 0.154. The van der Waals surface area contributed by atoms with Crippen molar-refractivity contribution in [2.24, 2.45) is 5.73 Å². The van der Waals surface area contributed by atoms with Gasteiger partial charge in [-0.3, -0.25) is 4.79 Å². The van der Waals surface area contributed by atoms with E-state index < -0.39 is 5.82 Å². The van der Waals surface area contributed by atoms with Crippen LogP contribution in [0.15, 0.2) is 41.8 Å². The van der Waals surface area contributed by atoms with Gasteiger partial charge in [0.05, 0.1) is 10.6 Å². The second-order valence-electron chi connectivity index (χ2n) is 3.67. The summed E-state index contributed by atoms with van der Waals surface area (Å²) in [5.74, 6) is -0.642. The maximum atomic E-state index is 13.7. The third-order valence-corrected chi connectivity index (χ3v) is 3.33. The summed E-state index contributed by atoms with van der Waals surface area (Å²) >= 11 is 1.33. The summed E-state index contributed by atoms with van der Waals surface area (Å²) in [4.78, 5) is 14.2. The van der Waals surface area contributed by atoms with Gasteiger partial charge < -0.3 is 10.6 Å². The van der Waals surface area contributed by atoms with Crippen molar-refractivity contribution in [3.05, 3.63) is 52.5 Å². The number of nitrogens with two attached hydrogens (primary N) is 1. The molecule has 0 atom stereocenters. The first-order chi connectivity index (χ1) is 8.74. The van der Waals surface area contributed by atoms with Crippen LogP contribution in [0.25, 0.3) is 0 Å². The monoisotopic (exact) mass is 264 g/mol. The normalized spacial score (nSPS) is 10.3. The van der Waals surface area contributed by atoms with E-state index in [1.165, 1.54) is 22.3 Å². The number of anilines is 1. The fourth-order valence-electron chi connectivity index (χ4n) is 1.66. The Labute approximate surface area is 109 Å². The molecule has 0 aliphatic carbocycles. The molecule has 0 fully saturated rings. The van der Waals surface area contributed by atoms with Gasteiger partial charge in [0.25, 0.3) is 5.91 Å². The molecule has 0 radical (unpaired) electrons. The van der Waals surface area contributed by atoms with Crippen molar-refractivity contribution < 1.29 is 9.18 Å². The number of carbonyl (C=O) groups is 1. The zero-order chi connectivity index (χ0) is 13.0. The maximum absolute atomic E-state index is 13.7. The van der Waals surface area contributed by atoms with Gasteiger partial charge in [-0.15, -0.1) is 11.3 Å². The van der Waals surface area contributed by atoms with Crippen LogP contribution in [0.5, 0.6) is 0 Å². The minimum absolute atomic E-state index is 0.222. The van der Waals surface area contributed by atoms with Crippen molar-refractivity contribution in [1.29, 1.82) is 0 Å². The maximum Gasteiger partial charge on any atom is 0.268 e. The van der Waals surface area contributed by atoms with Crippen LogP contribution in [0.3, 0.4) is 0 Å². The molecule has 18 heavy (non-hydrogen) atoms. The van der Waals surface area contributed by atoms with Crippen LogP contribution in [0, 0.1) is 5.82 Å². The van der Waals surface area contributed by atoms with Crippen molar-refractivity contribution in [2.45, 2.75) is 0 Å². The van der Waals surface area contributed by atoms with Crippen LogP contribution in [-0.4, -0.2) is 19.0 Å². The van der Waals surface area contributed by atoms with Crippen LogP contribution < -0.4 is 10.6 Å². The van der Waals surface area contributed by atoms with Crippen molar-refractivity contribution in [2.75, 3.05) is 18.0 Å². The zero-order valence-electron chi connectivity index (χ0n) is 9.67. The van der Waals surface area contributed by atoms with E-state index >= 15 is 0 Å². The first-order valence-electron chi connectivity index (χ1n) is 5.54. The third-order valence-electron chi connectivity index (χ3n) is 2.47. The van der Waals surface area contributed by atoms with Gasteiger partial charge in [0.1, 0.15) is 5.82 Å². The smallest absolute Gasteiger partial charge is 0.268 e. The van der Waals surface area contributed by atoms with E-state index in [2.05, 4.69) is 0 Å². The third kappa shape index (κ3) is 2.57. The highest BCUT2D eigenvalue weighted by atomic mass is 32.1. The molecule has 5 heteroatoms. The first-order valence-corrected chi connectivity index (χ1v) is 6.42. The largest absolute Gasteiger partial charge is 0.329 e. The van der Waals surface area contributed by atoms with E-state index in [0.29, 0.717) is 4.88 Å². The van der Waals surface area contributed by atoms with E-state index in [9.17, 15) is 9.18 Å². The molecule has 2 rings (SSSR count). The molecule has 0 saturated heterocycles. The van der Waals surface area contributed by atoms with Crippen molar-refractivity contribution in [1.82, 2.24) is 0 Å². The summed E-state index contributed by atoms with van der Waals surface area (Å²) in [5, 5.41) is 1.81. The van der Waals surface area contributed by atoms with Gasteiger partial charge in [-0.25, -0.2) is 4.39 Å². The summed E-state index contributed by atoms with van der Waals surface area (Å²) in [6, 6.07) is 9.72. The molecule has 0 saturated carbocycles. The number of nitrogens with zero attached hydrogens (tertiary/aromatic N) is 1. The highest BCUT2D eigenvalue weighted by Crippen LogP contribution is 2.22. The van der Waals surface area contributed by atoms with Gasteiger partial charge in [0, 0.05) is 13.1 Å². The Morgan fingerprint density at radius 3 is 2.67 bits per heavy atom. The molecule has 1 aromatic carbocycles. The molecule has 0 bridgehead atoms. The molecule has 94 valence electrons. The molecular weight excluding hydrogens is 251 g/mol. The molecular formula is C13H13FN2OS. The minimum atomic E-state index is -0.421. The molecule has 1 aromatic heterocycles. The topological polar surface area (TPSA) is 46.3 Å². The predicted octanol–water partition coefficient (Wildman–Crippen LogP) is 2.49. The van der Waals surface area contributed by atoms with Crippen molar-refractivity contribution in [3.8, 4) is 0 Å². The van der Waals surface area contributed by atoms with Crippen molar-refractivity contribution >= 4 is 22.9 Å². The Bertz CT molecular complexity index is 528. The van der Waals surface area contributed by atoms with Crippen molar-refractivity contribution in [3.63, 3.8) is 0 Å². The van der Waals surface area contributed by atoms with Gasteiger partial charge in [-0.05, 0) is 23.6 Å². The molecule has 0 aliphatic heterocycles. The Morgan fingerprint density at radius 1 is 1.28 bits per heavy atom. The van der Waals surface area contributed by atoms with Crippen LogP contribution in [0.2, 0.25) is 0 Å². The molecule has 3 nitrogen and oxygen atoms in total. The molecule has 0 unspecified atom stereocenters. The average Bonchev–Trinajstić information content (AvgIpc) is 2.90. The number of thiophene rings is 1. The Kier molecular flexibility index (Phi) is 4.07. The lowest BCUT2D eigenvalue weighted by atomic mass is 10.2. The fourth-order valence-corrected chi connectivity index (χ4v) is 2.34. The average molecular weight is 264 g/mol. The molecule has 2 N–H and O–H groups in total. The van der Waals surface area contributed by atoms with Gasteiger partial charge in [0.2, 0.25) is 0 Å². The van der Waals surface area contributed by atoms with Crippen LogP contribution in [-0.2, 0) is 0 Å². The van der Waals surface area contributed by atoms with Gasteiger partial charge in [-0.2, -0.15) is 0 Å². The number of rotatable bonds is 4. The molecule has 2 aromatic rings. The highest BCUT2D eigenvalue weighted by molar-refractivity contribution is 7.12. The van der Waals surface area contributed by atoms with Gasteiger partial charge in [-0.1, -0.05) is 18.2 Å². The molecule has 1 amide bonds. The minimum Gasteiger partial charge on any atom is -0.329 e. The quantitative estimate of drug-likeness (QED) is 0.922. The summed E-state index contributed by atoms with van der Waals surface area (Å²) in [7, 11) is 0. The number of halogens is 1. The summed E-state index contributed by atoms with van der Waals surface area (Å²) in [6.07, 6.45) is 0. The van der Waals surface area contributed by atoms with Crippen LogP contribution >= 0.6 is 11.3 Å². The standard InChI is InChI=1S/C13H13FN2OS/c14-10-4-1-2-5-11(10)16(8-7-15)13(17)12-6-3-9-18-12/h1-6,9H,7-8,15H2. The zero-order valence-corrected chi connectivity index (χ0v) is 10.5. The first kappa shape index (κ1) is 12.7. The molecule has 0 aliphatic rings. The lowest BCUT2D eigenvalue weighted by Crippen LogP contribution is -2.35. The summed E-state index contributed by atoms with van der Waals surface area (Å²) in [6.45, 7) is 0.573. The highest BCUT2D eigenvalue weighted by Gasteiger charge is 2.20. The van der Waals surface area contributed by atoms with Gasteiger partial charge >= 0.3 is 0 Å². The number of benzene rings is 1. The number of hydrogen-bond donors (Lipinski definition) is 1. The van der Waals surface area contributed by atoms with E-state index in [4.69, 9.17) is 5.73 Å². The lowest BCUT2D eigenvalue weighted by molar-refractivity contribution is 0.0990. The molecule has 0 spiro atoms. The second-order valence-corrected chi connectivity index (χ2v) is 4.62. The van der Waals surface area contributed by atoms with Crippen LogP contribution in [0.1, 0.15) is 9.67 Å². The number of amides is 1. The Morgan fingerprint density at radius 2 is 2.06 bits per heavy atom. The second kappa shape index (κ2) is 5.75. The predicted molar refractivity (Wildman–Crippen MR) is 71.4 cm³/mol.